The molecule has 1 fully saturated rings. The van der Waals surface area contributed by atoms with E-state index in [1.165, 1.54) is 19.3 Å². The molecule has 2 heterocycles. The maximum atomic E-state index is 12.9. The van der Waals surface area contributed by atoms with Crippen LogP contribution < -0.4 is 15.0 Å². The Labute approximate surface area is 158 Å². The van der Waals surface area contributed by atoms with Gasteiger partial charge >= 0.3 is 0 Å². The van der Waals surface area contributed by atoms with Crippen LogP contribution in [-0.2, 0) is 0 Å². The Morgan fingerprint density at radius 1 is 1.11 bits per heavy atom. The van der Waals surface area contributed by atoms with Gasteiger partial charge in [0.15, 0.2) is 5.76 Å². The molecule has 0 saturated carbocycles. The van der Waals surface area contributed by atoms with E-state index >= 15 is 0 Å². The van der Waals surface area contributed by atoms with E-state index in [9.17, 15) is 4.79 Å². The number of benzene rings is 2. The summed E-state index contributed by atoms with van der Waals surface area (Å²) in [5.74, 6) is 0.854. The number of aryl methyl sites for hydroxylation is 1. The fourth-order valence-corrected chi connectivity index (χ4v) is 3.71. The van der Waals surface area contributed by atoms with E-state index < -0.39 is 0 Å². The summed E-state index contributed by atoms with van der Waals surface area (Å²) in [4.78, 5) is 15.3. The number of hydrogen-bond acceptors (Lipinski definition) is 4. The smallest absolute Gasteiger partial charge is 0.291 e. The third-order valence-corrected chi connectivity index (χ3v) is 5.20. The molecule has 140 valence electrons. The van der Waals surface area contributed by atoms with Gasteiger partial charge in [-0.15, -0.1) is 0 Å². The highest BCUT2D eigenvalue weighted by atomic mass is 16.5. The third-order valence-electron chi connectivity index (χ3n) is 5.20. The number of fused-ring (bicyclic) bond motifs is 1. The van der Waals surface area contributed by atoms with Crippen molar-refractivity contribution in [2.45, 2.75) is 26.2 Å². The third kappa shape index (κ3) is 3.37. The number of para-hydroxylation sites is 2. The predicted molar refractivity (Wildman–Crippen MR) is 108 cm³/mol. The minimum atomic E-state index is -0.230. The Balaban J connectivity index is 1.63. The molecule has 5 heteroatoms. The molecule has 2 aromatic carbocycles. The highest BCUT2D eigenvalue weighted by Crippen LogP contribution is 2.31. The average molecular weight is 364 g/mol. The van der Waals surface area contributed by atoms with Crippen LogP contribution in [0.25, 0.3) is 11.0 Å². The number of rotatable bonds is 4. The highest BCUT2D eigenvalue weighted by Gasteiger charge is 2.21. The van der Waals surface area contributed by atoms with E-state index in [0.29, 0.717) is 11.3 Å². The first-order chi connectivity index (χ1) is 13.2. The van der Waals surface area contributed by atoms with Crippen molar-refractivity contribution >= 4 is 28.3 Å². The fourth-order valence-electron chi connectivity index (χ4n) is 3.71. The van der Waals surface area contributed by atoms with Crippen molar-refractivity contribution in [1.29, 1.82) is 0 Å². The second-order valence-corrected chi connectivity index (χ2v) is 6.94. The lowest BCUT2D eigenvalue weighted by atomic mass is 10.1. The van der Waals surface area contributed by atoms with Gasteiger partial charge in [-0.2, -0.15) is 0 Å². The summed E-state index contributed by atoms with van der Waals surface area (Å²) in [5, 5.41) is 3.94. The van der Waals surface area contributed by atoms with Gasteiger partial charge in [0.2, 0.25) is 0 Å². The number of carbonyl (C=O) groups excluding carboxylic acids is 1. The molecule has 1 aliphatic rings. The zero-order chi connectivity index (χ0) is 18.8. The van der Waals surface area contributed by atoms with E-state index in [1.54, 1.807) is 7.11 Å². The van der Waals surface area contributed by atoms with Crippen LogP contribution in [0.5, 0.6) is 5.75 Å². The number of anilines is 2. The van der Waals surface area contributed by atoms with Gasteiger partial charge in [-0.1, -0.05) is 12.1 Å². The van der Waals surface area contributed by atoms with Crippen LogP contribution in [0.4, 0.5) is 11.4 Å². The number of piperidine rings is 1. The minimum Gasteiger partial charge on any atom is -0.497 e. The van der Waals surface area contributed by atoms with Gasteiger partial charge in [-0.3, -0.25) is 4.79 Å². The normalized spacial score (nSPS) is 14.4. The van der Waals surface area contributed by atoms with Gasteiger partial charge in [-0.05, 0) is 56.5 Å². The first-order valence-corrected chi connectivity index (χ1v) is 9.40. The summed E-state index contributed by atoms with van der Waals surface area (Å²) in [7, 11) is 1.63. The van der Waals surface area contributed by atoms with Crippen molar-refractivity contribution in [2.24, 2.45) is 0 Å². The van der Waals surface area contributed by atoms with Crippen molar-refractivity contribution in [1.82, 2.24) is 0 Å². The van der Waals surface area contributed by atoms with Gasteiger partial charge in [0.05, 0.1) is 18.5 Å². The molecular weight excluding hydrogens is 340 g/mol. The van der Waals surface area contributed by atoms with E-state index in [1.807, 2.05) is 43.3 Å². The zero-order valence-corrected chi connectivity index (χ0v) is 15.7. The maximum absolute atomic E-state index is 12.9. The lowest BCUT2D eigenvalue weighted by Gasteiger charge is -2.30. The molecule has 1 amide bonds. The molecule has 5 nitrogen and oxygen atoms in total. The van der Waals surface area contributed by atoms with Crippen molar-refractivity contribution in [3.8, 4) is 5.75 Å². The Kier molecular flexibility index (Phi) is 4.75. The Morgan fingerprint density at radius 2 is 1.89 bits per heavy atom. The highest BCUT2D eigenvalue weighted by molar-refractivity contribution is 6.07. The average Bonchev–Trinajstić information content (AvgIpc) is 3.05. The fraction of sp³-hybridized carbons (Fsp3) is 0.318. The molecule has 4 rings (SSSR count). The Morgan fingerprint density at radius 3 is 2.67 bits per heavy atom. The van der Waals surface area contributed by atoms with Crippen LogP contribution in [0.15, 0.2) is 46.9 Å². The number of furan rings is 1. The standard InChI is InChI=1S/C22H24N2O3/c1-15-17-14-16(26-2)10-11-20(17)27-21(15)22(25)23-18-8-4-5-9-19(18)24-12-6-3-7-13-24/h4-5,8-11,14H,3,6-7,12-13H2,1-2H3,(H,23,25). The van der Waals surface area contributed by atoms with E-state index in [-0.39, 0.29) is 5.91 Å². The molecule has 1 N–H and O–H groups in total. The summed E-state index contributed by atoms with van der Waals surface area (Å²) in [5.41, 5.74) is 3.39. The van der Waals surface area contributed by atoms with Gasteiger partial charge < -0.3 is 19.4 Å². The summed E-state index contributed by atoms with van der Waals surface area (Å²) in [6.07, 6.45) is 3.65. The van der Waals surface area contributed by atoms with Gasteiger partial charge in [0, 0.05) is 24.0 Å². The number of ether oxygens (including phenoxy) is 1. The molecule has 1 saturated heterocycles. The summed E-state index contributed by atoms with van der Waals surface area (Å²) >= 11 is 0. The molecule has 0 spiro atoms. The first kappa shape index (κ1) is 17.5. The molecule has 0 bridgehead atoms. The predicted octanol–water partition coefficient (Wildman–Crippen LogP) is 4.99. The molecule has 0 aliphatic carbocycles. The number of nitrogens with one attached hydrogen (secondary N) is 1. The van der Waals surface area contributed by atoms with E-state index in [4.69, 9.17) is 9.15 Å². The van der Waals surface area contributed by atoms with Crippen LogP contribution in [0.1, 0.15) is 35.4 Å². The lowest BCUT2D eigenvalue weighted by molar-refractivity contribution is 0.0998. The monoisotopic (exact) mass is 364 g/mol. The van der Waals surface area contributed by atoms with Crippen LogP contribution in [-0.4, -0.2) is 26.1 Å². The number of methoxy groups -OCH3 is 1. The second-order valence-electron chi connectivity index (χ2n) is 6.94. The molecule has 0 atom stereocenters. The van der Waals surface area contributed by atoms with Crippen molar-refractivity contribution in [3.63, 3.8) is 0 Å². The van der Waals surface area contributed by atoms with Crippen LogP contribution in [0.2, 0.25) is 0 Å². The number of carbonyl (C=O) groups is 1. The number of amides is 1. The minimum absolute atomic E-state index is 0.230. The molecule has 0 unspecified atom stereocenters. The molecule has 3 aromatic rings. The second kappa shape index (κ2) is 7.35. The van der Waals surface area contributed by atoms with Crippen molar-refractivity contribution in [2.75, 3.05) is 30.4 Å². The summed E-state index contributed by atoms with van der Waals surface area (Å²) in [6.45, 7) is 3.95. The van der Waals surface area contributed by atoms with Gasteiger partial charge in [0.1, 0.15) is 11.3 Å². The number of nitrogens with zero attached hydrogens (tertiary/aromatic N) is 1. The quantitative estimate of drug-likeness (QED) is 0.708. The first-order valence-electron chi connectivity index (χ1n) is 9.40. The molecule has 1 aliphatic heterocycles. The summed E-state index contributed by atoms with van der Waals surface area (Å²) in [6, 6.07) is 13.5. The van der Waals surface area contributed by atoms with E-state index in [0.717, 1.165) is 41.2 Å². The summed E-state index contributed by atoms with van der Waals surface area (Å²) < 4.78 is 11.1. The zero-order valence-electron chi connectivity index (χ0n) is 15.7. The van der Waals surface area contributed by atoms with Crippen LogP contribution in [0, 0.1) is 6.92 Å². The Bertz CT molecular complexity index is 971. The molecular formula is C22H24N2O3. The van der Waals surface area contributed by atoms with Gasteiger partial charge in [0.25, 0.3) is 5.91 Å². The maximum Gasteiger partial charge on any atom is 0.291 e. The lowest BCUT2D eigenvalue weighted by Crippen LogP contribution is -2.30. The van der Waals surface area contributed by atoms with Crippen LogP contribution >= 0.6 is 0 Å². The number of hydrogen-bond donors (Lipinski definition) is 1. The van der Waals surface area contributed by atoms with Crippen LogP contribution in [0.3, 0.4) is 0 Å². The Hall–Kier alpha value is -2.95. The van der Waals surface area contributed by atoms with Crippen molar-refractivity contribution < 1.29 is 13.9 Å². The van der Waals surface area contributed by atoms with E-state index in [2.05, 4.69) is 16.3 Å². The SMILES string of the molecule is COc1ccc2oc(C(=O)Nc3ccccc3N3CCCCC3)c(C)c2c1. The topological polar surface area (TPSA) is 54.7 Å². The van der Waals surface area contributed by atoms with Gasteiger partial charge in [-0.25, -0.2) is 0 Å². The largest absolute Gasteiger partial charge is 0.497 e. The molecule has 27 heavy (non-hydrogen) atoms. The molecule has 1 aromatic heterocycles. The van der Waals surface area contributed by atoms with Crippen molar-refractivity contribution in [3.05, 3.63) is 53.8 Å². The molecule has 0 radical (unpaired) electrons.